The maximum Gasteiger partial charge on any atom is 0.210 e. The maximum atomic E-state index is 12.6. The largest absolute Gasteiger partial charge is 0.507 e. The van der Waals surface area contributed by atoms with Crippen LogP contribution in [-0.2, 0) is 9.84 Å². The number of sulfone groups is 1. The number of phenols is 1. The van der Waals surface area contributed by atoms with Crippen LogP contribution >= 0.6 is 0 Å². The Kier molecular flexibility index (Phi) is 4.46. The number of rotatable bonds is 4. The van der Waals surface area contributed by atoms with Gasteiger partial charge >= 0.3 is 0 Å². The first-order valence-electron chi connectivity index (χ1n) is 7.38. The van der Waals surface area contributed by atoms with E-state index in [-0.39, 0.29) is 15.5 Å². The van der Waals surface area contributed by atoms with Gasteiger partial charge in [-0.25, -0.2) is 8.42 Å². The molecule has 25 heavy (non-hydrogen) atoms. The number of para-hydroxylation sites is 1. The van der Waals surface area contributed by atoms with Crippen LogP contribution in [-0.4, -0.2) is 13.5 Å². The van der Waals surface area contributed by atoms with E-state index in [2.05, 4.69) is 5.92 Å². The third-order valence-electron chi connectivity index (χ3n) is 3.55. The lowest BCUT2D eigenvalue weighted by Crippen LogP contribution is -2.02. The van der Waals surface area contributed by atoms with Crippen molar-refractivity contribution in [2.45, 2.75) is 9.79 Å². The van der Waals surface area contributed by atoms with Crippen molar-refractivity contribution in [1.29, 1.82) is 0 Å². The normalized spacial score (nSPS) is 10.8. The van der Waals surface area contributed by atoms with E-state index in [4.69, 9.17) is 11.2 Å². The van der Waals surface area contributed by atoms with Crippen LogP contribution in [0.2, 0.25) is 0 Å². The minimum Gasteiger partial charge on any atom is -0.507 e. The Hall–Kier alpha value is -3.23. The number of phenolic OH excluding ortho intramolecular Hbond substituents is 1. The van der Waals surface area contributed by atoms with Crippen LogP contribution in [0.5, 0.6) is 17.2 Å². The first-order valence-corrected chi connectivity index (χ1v) is 8.87. The van der Waals surface area contributed by atoms with E-state index in [0.29, 0.717) is 11.5 Å². The molecule has 0 saturated heterocycles. The van der Waals surface area contributed by atoms with Crippen LogP contribution in [0.25, 0.3) is 0 Å². The van der Waals surface area contributed by atoms with Crippen molar-refractivity contribution in [3.05, 3.63) is 78.4 Å². The molecule has 0 atom stereocenters. The molecule has 0 aliphatic heterocycles. The monoisotopic (exact) mass is 350 g/mol. The Balaban J connectivity index is 1.84. The molecule has 3 aromatic carbocycles. The third kappa shape index (κ3) is 3.49. The number of ether oxygens (including phenoxy) is 1. The Morgan fingerprint density at radius 1 is 0.840 bits per heavy atom. The molecule has 3 rings (SSSR count). The van der Waals surface area contributed by atoms with Crippen molar-refractivity contribution in [1.82, 2.24) is 0 Å². The van der Waals surface area contributed by atoms with Crippen molar-refractivity contribution < 1.29 is 18.3 Å². The molecule has 0 heterocycles. The van der Waals surface area contributed by atoms with E-state index in [9.17, 15) is 13.5 Å². The van der Waals surface area contributed by atoms with Gasteiger partial charge in [0.2, 0.25) is 9.84 Å². The van der Waals surface area contributed by atoms with Crippen LogP contribution in [0, 0.1) is 12.3 Å². The minimum atomic E-state index is -3.80. The molecule has 0 aromatic heterocycles. The molecule has 124 valence electrons. The van der Waals surface area contributed by atoms with Gasteiger partial charge in [-0.2, -0.15) is 0 Å². The Bertz CT molecular complexity index is 1030. The molecule has 3 aromatic rings. The highest BCUT2D eigenvalue weighted by atomic mass is 32.2. The molecule has 0 unspecified atom stereocenters. The Labute approximate surface area is 146 Å². The zero-order chi connectivity index (χ0) is 17.9. The van der Waals surface area contributed by atoms with Crippen molar-refractivity contribution in [2.75, 3.05) is 0 Å². The summed E-state index contributed by atoms with van der Waals surface area (Å²) in [4.78, 5) is -0.0578. The standard InChI is InChI=1S/C20H14O4S/c1-2-15-7-9-16(10-8-15)24-17-11-13-18(14-12-17)25(22,23)20-6-4-3-5-19(20)21/h1,3-14,21H. The van der Waals surface area contributed by atoms with Crippen LogP contribution in [0.15, 0.2) is 82.6 Å². The van der Waals surface area contributed by atoms with Gasteiger partial charge in [-0.3, -0.25) is 0 Å². The summed E-state index contributed by atoms with van der Waals surface area (Å²) in [5.74, 6) is 3.32. The average Bonchev–Trinajstić information content (AvgIpc) is 2.63. The Morgan fingerprint density at radius 2 is 1.40 bits per heavy atom. The second-order valence-electron chi connectivity index (χ2n) is 5.21. The highest BCUT2D eigenvalue weighted by molar-refractivity contribution is 7.91. The van der Waals surface area contributed by atoms with Gasteiger partial charge < -0.3 is 9.84 Å². The van der Waals surface area contributed by atoms with Crippen LogP contribution in [0.4, 0.5) is 0 Å². The first kappa shape index (κ1) is 16.6. The molecule has 0 amide bonds. The summed E-state index contributed by atoms with van der Waals surface area (Å²) in [6, 6.07) is 18.8. The zero-order valence-corrected chi connectivity index (χ0v) is 13.9. The van der Waals surface area contributed by atoms with Gasteiger partial charge in [0, 0.05) is 5.56 Å². The molecule has 0 fully saturated rings. The first-order chi connectivity index (χ1) is 12.0. The van der Waals surface area contributed by atoms with Crippen LogP contribution in [0.1, 0.15) is 5.56 Å². The molecule has 0 spiro atoms. The topological polar surface area (TPSA) is 63.6 Å². The van der Waals surface area contributed by atoms with Crippen molar-refractivity contribution >= 4 is 9.84 Å². The predicted molar refractivity (Wildman–Crippen MR) is 94.5 cm³/mol. The van der Waals surface area contributed by atoms with Gasteiger partial charge in [-0.05, 0) is 60.7 Å². The highest BCUT2D eigenvalue weighted by Crippen LogP contribution is 2.30. The zero-order valence-electron chi connectivity index (χ0n) is 13.1. The van der Waals surface area contributed by atoms with E-state index < -0.39 is 9.84 Å². The van der Waals surface area contributed by atoms with E-state index in [1.54, 1.807) is 48.5 Å². The van der Waals surface area contributed by atoms with Gasteiger partial charge in [0.25, 0.3) is 0 Å². The fraction of sp³-hybridized carbons (Fsp3) is 0. The molecular formula is C20H14O4S. The lowest BCUT2D eigenvalue weighted by atomic mass is 10.2. The summed E-state index contributed by atoms with van der Waals surface area (Å²) in [6.07, 6.45) is 5.30. The summed E-state index contributed by atoms with van der Waals surface area (Å²) < 4.78 is 30.8. The maximum absolute atomic E-state index is 12.6. The van der Waals surface area contributed by atoms with E-state index in [0.717, 1.165) is 5.56 Å². The average molecular weight is 350 g/mol. The Morgan fingerprint density at radius 3 is 1.96 bits per heavy atom. The molecule has 0 bridgehead atoms. The van der Waals surface area contributed by atoms with Gasteiger partial charge in [0.15, 0.2) is 0 Å². The number of benzene rings is 3. The second kappa shape index (κ2) is 6.71. The number of hydrogen-bond acceptors (Lipinski definition) is 4. The number of terminal acetylenes is 1. The lowest BCUT2D eigenvalue weighted by molar-refractivity contribution is 0.459. The molecule has 5 heteroatoms. The summed E-state index contributed by atoms with van der Waals surface area (Å²) in [5, 5.41) is 9.78. The summed E-state index contributed by atoms with van der Waals surface area (Å²) >= 11 is 0. The fourth-order valence-corrected chi connectivity index (χ4v) is 3.60. The van der Waals surface area contributed by atoms with Gasteiger partial charge in [-0.1, -0.05) is 18.1 Å². The molecular weight excluding hydrogens is 336 g/mol. The molecule has 0 aliphatic rings. The fourth-order valence-electron chi connectivity index (χ4n) is 2.25. The lowest BCUT2D eigenvalue weighted by Gasteiger charge is -2.09. The van der Waals surface area contributed by atoms with Crippen molar-refractivity contribution in [2.24, 2.45) is 0 Å². The van der Waals surface area contributed by atoms with Gasteiger partial charge in [-0.15, -0.1) is 6.42 Å². The van der Waals surface area contributed by atoms with Crippen molar-refractivity contribution in [3.63, 3.8) is 0 Å². The summed E-state index contributed by atoms with van der Waals surface area (Å²) in [6.45, 7) is 0. The second-order valence-corrected chi connectivity index (χ2v) is 7.13. The molecule has 0 radical (unpaired) electrons. The van der Waals surface area contributed by atoms with E-state index in [1.165, 1.54) is 24.3 Å². The van der Waals surface area contributed by atoms with E-state index >= 15 is 0 Å². The smallest absolute Gasteiger partial charge is 0.210 e. The predicted octanol–water partition coefficient (Wildman–Crippen LogP) is 4.00. The molecule has 0 saturated carbocycles. The molecule has 1 N–H and O–H groups in total. The number of aromatic hydroxyl groups is 1. The van der Waals surface area contributed by atoms with Gasteiger partial charge in [0.05, 0.1) is 4.90 Å². The SMILES string of the molecule is C#Cc1ccc(Oc2ccc(S(=O)(=O)c3ccccc3O)cc2)cc1. The highest BCUT2D eigenvalue weighted by Gasteiger charge is 2.20. The molecule has 0 aliphatic carbocycles. The van der Waals surface area contributed by atoms with E-state index in [1.807, 2.05) is 0 Å². The molecule has 4 nitrogen and oxygen atoms in total. The van der Waals surface area contributed by atoms with Crippen molar-refractivity contribution in [3.8, 4) is 29.6 Å². The summed E-state index contributed by atoms with van der Waals surface area (Å²) in [5.41, 5.74) is 0.747. The quantitative estimate of drug-likeness (QED) is 0.723. The summed E-state index contributed by atoms with van der Waals surface area (Å²) in [7, 11) is -3.80. The van der Waals surface area contributed by atoms with Crippen LogP contribution < -0.4 is 4.74 Å². The van der Waals surface area contributed by atoms with Crippen LogP contribution in [0.3, 0.4) is 0 Å². The number of hydrogen-bond donors (Lipinski definition) is 1. The van der Waals surface area contributed by atoms with Gasteiger partial charge in [0.1, 0.15) is 22.1 Å². The third-order valence-corrected chi connectivity index (χ3v) is 5.36. The minimum absolute atomic E-state index is 0.0732.